The molecule has 0 heterocycles. The lowest BCUT2D eigenvalue weighted by Gasteiger charge is -2.30. The highest BCUT2D eigenvalue weighted by Gasteiger charge is 2.31. The summed E-state index contributed by atoms with van der Waals surface area (Å²) in [7, 11) is 3.19. The zero-order valence-electron chi connectivity index (χ0n) is 16.0. The third-order valence-corrected chi connectivity index (χ3v) is 4.97. The minimum Gasteiger partial charge on any atom is -0.507 e. The van der Waals surface area contributed by atoms with Gasteiger partial charge in [-0.2, -0.15) is 0 Å². The van der Waals surface area contributed by atoms with Crippen LogP contribution in [0.15, 0.2) is 0 Å². The van der Waals surface area contributed by atoms with Crippen LogP contribution in [0.2, 0.25) is 0 Å². The largest absolute Gasteiger partial charge is 0.507 e. The molecule has 0 atom stereocenters. The summed E-state index contributed by atoms with van der Waals surface area (Å²) in [6.45, 7) is 13.5. The van der Waals surface area contributed by atoms with Crippen LogP contribution < -0.4 is 10.4 Å². The average molecular weight is 383 g/mol. The maximum atomic E-state index is 12.6. The van der Waals surface area contributed by atoms with Crippen molar-refractivity contribution in [3.05, 3.63) is 21.6 Å². The second-order valence-corrected chi connectivity index (χ2v) is 7.53. The number of phenolic OH excluding ortho intramolecular Hbond substituents is 2. The lowest BCUT2D eigenvalue weighted by molar-refractivity contribution is -0.131. The number of amides is 2. The fraction of sp³-hybridized carbons (Fsp3) is 0.474. The van der Waals surface area contributed by atoms with E-state index in [0.717, 1.165) is 0 Å². The molecule has 2 N–H and O–H groups in total. The molecule has 7 heteroatoms. The van der Waals surface area contributed by atoms with Crippen LogP contribution in [0.1, 0.15) is 31.4 Å². The molecule has 144 valence electrons. The van der Waals surface area contributed by atoms with Crippen molar-refractivity contribution in [1.82, 2.24) is 9.80 Å². The Labute approximate surface area is 159 Å². The van der Waals surface area contributed by atoms with Crippen LogP contribution in [0.3, 0.4) is 0 Å². The minimum atomic E-state index is -0.779. The Morgan fingerprint density at radius 1 is 1.04 bits per heavy atom. The number of likely N-dealkylation sites (N-methyl/N-ethyl adjacent to an activating group) is 2. The number of rotatable bonds is 6. The zero-order valence-corrected chi connectivity index (χ0v) is 16.8. The van der Waals surface area contributed by atoms with E-state index in [4.69, 9.17) is 11.6 Å². The van der Waals surface area contributed by atoms with E-state index in [-0.39, 0.29) is 23.8 Å². The number of halogens is 1. The van der Waals surface area contributed by atoms with Crippen LogP contribution >= 0.6 is 11.6 Å². The van der Waals surface area contributed by atoms with Gasteiger partial charge >= 0.3 is 5.37 Å². The number of aromatic hydroxyl groups is 2. The molecule has 0 spiro atoms. The normalized spacial score (nSPS) is 11.3. The molecule has 0 fully saturated rings. The Balaban J connectivity index is 3.06. The number of hydrogen-bond acceptors (Lipinski definition) is 4. The fourth-order valence-corrected chi connectivity index (χ4v) is 2.89. The van der Waals surface area contributed by atoms with E-state index in [2.05, 4.69) is 13.2 Å². The second-order valence-electron chi connectivity index (χ2n) is 7.20. The monoisotopic (exact) mass is 382 g/mol. The highest BCUT2D eigenvalue weighted by atomic mass is 35.5. The zero-order chi connectivity index (χ0) is 20.4. The predicted molar refractivity (Wildman–Crippen MR) is 104 cm³/mol. The van der Waals surface area contributed by atoms with Crippen molar-refractivity contribution in [2.75, 3.05) is 27.2 Å². The number of nitrogens with zero attached hydrogens (tertiary/aromatic N) is 2. The van der Waals surface area contributed by atoms with Gasteiger partial charge in [-0.25, -0.2) is 0 Å². The van der Waals surface area contributed by atoms with Gasteiger partial charge in [0.1, 0.15) is 11.5 Å². The number of hydrogen-bond donors (Lipinski definition) is 2. The summed E-state index contributed by atoms with van der Waals surface area (Å²) < 4.78 is 0. The highest BCUT2D eigenvalue weighted by molar-refractivity contribution is 6.62. The van der Waals surface area contributed by atoms with Crippen molar-refractivity contribution in [2.24, 2.45) is 0 Å². The van der Waals surface area contributed by atoms with Crippen LogP contribution in [-0.4, -0.2) is 58.5 Å². The summed E-state index contributed by atoms with van der Waals surface area (Å²) in [6, 6.07) is 0. The maximum Gasteiger partial charge on any atom is 0.316 e. The van der Waals surface area contributed by atoms with Gasteiger partial charge in [0.05, 0.1) is 0 Å². The van der Waals surface area contributed by atoms with Crippen molar-refractivity contribution in [3.63, 3.8) is 0 Å². The SMILES string of the molecule is C=c1c(C)c(O)c(=C)c(C(C)(C)CC(=O)N(C)CCN(C)C(=O)Cl)c1O. The number of carbonyl (C=O) groups is 2. The minimum absolute atomic E-state index is 0.0288. The molecule has 0 saturated carbocycles. The number of phenols is 2. The molecule has 0 aliphatic carbocycles. The van der Waals surface area contributed by atoms with Crippen molar-refractivity contribution >= 4 is 36.0 Å². The first-order valence-corrected chi connectivity index (χ1v) is 8.56. The standard InChI is InChI=1S/C19H27ClN2O4/c1-11-12(2)17(25)15(13(3)16(11)24)19(4,5)10-14(23)21(6)8-9-22(7)18(20)26/h24-25H,2-3,8-10H2,1,4-7H3. The van der Waals surface area contributed by atoms with Crippen molar-refractivity contribution in [2.45, 2.75) is 32.6 Å². The van der Waals surface area contributed by atoms with Crippen LogP contribution in [0.5, 0.6) is 11.5 Å². The molecule has 0 aliphatic rings. The first-order valence-electron chi connectivity index (χ1n) is 8.18. The lowest BCUT2D eigenvalue weighted by atomic mass is 9.78. The summed E-state index contributed by atoms with van der Waals surface area (Å²) in [6.07, 6.45) is 0.0834. The molecule has 0 bridgehead atoms. The lowest BCUT2D eigenvalue weighted by Crippen LogP contribution is -2.39. The van der Waals surface area contributed by atoms with E-state index in [0.29, 0.717) is 34.7 Å². The highest BCUT2D eigenvalue weighted by Crippen LogP contribution is 2.31. The number of benzene rings is 1. The molecule has 0 saturated heterocycles. The molecule has 0 unspecified atom stereocenters. The molecular formula is C19H27ClN2O4. The van der Waals surface area contributed by atoms with Gasteiger partial charge in [0.15, 0.2) is 0 Å². The van der Waals surface area contributed by atoms with Gasteiger partial charge in [0, 0.05) is 60.6 Å². The summed E-state index contributed by atoms with van der Waals surface area (Å²) in [5.74, 6) is -0.257. The molecular weight excluding hydrogens is 356 g/mol. The summed E-state index contributed by atoms with van der Waals surface area (Å²) in [4.78, 5) is 26.4. The van der Waals surface area contributed by atoms with Gasteiger partial charge in [-0.3, -0.25) is 9.59 Å². The van der Waals surface area contributed by atoms with Crippen molar-refractivity contribution in [3.8, 4) is 11.5 Å². The molecule has 0 radical (unpaired) electrons. The number of carbonyl (C=O) groups excluding carboxylic acids is 2. The molecule has 6 nitrogen and oxygen atoms in total. The molecule has 2 amide bonds. The maximum absolute atomic E-state index is 12.6. The van der Waals surface area contributed by atoms with Gasteiger partial charge in [-0.1, -0.05) is 27.0 Å². The Morgan fingerprint density at radius 2 is 1.54 bits per heavy atom. The van der Waals surface area contributed by atoms with Gasteiger partial charge in [-0.05, 0) is 18.5 Å². The van der Waals surface area contributed by atoms with Crippen LogP contribution in [-0.2, 0) is 10.2 Å². The third-order valence-electron chi connectivity index (χ3n) is 4.68. The quantitative estimate of drug-likeness (QED) is 0.445. The molecule has 0 aromatic heterocycles. The Kier molecular flexibility index (Phi) is 6.71. The Morgan fingerprint density at radius 3 is 2.04 bits per heavy atom. The van der Waals surface area contributed by atoms with Gasteiger partial charge in [-0.15, -0.1) is 0 Å². The van der Waals surface area contributed by atoms with E-state index in [1.807, 2.05) is 0 Å². The summed E-state index contributed by atoms with van der Waals surface area (Å²) in [5.41, 5.74) is 0.0860. The van der Waals surface area contributed by atoms with Crippen molar-refractivity contribution < 1.29 is 19.8 Å². The van der Waals surface area contributed by atoms with Crippen LogP contribution in [0.25, 0.3) is 13.2 Å². The van der Waals surface area contributed by atoms with E-state index < -0.39 is 10.8 Å². The second kappa shape index (κ2) is 7.99. The van der Waals surface area contributed by atoms with Gasteiger partial charge in [0.2, 0.25) is 5.91 Å². The average Bonchev–Trinajstić information content (AvgIpc) is 2.54. The predicted octanol–water partition coefficient (Wildman–Crippen LogP) is 1.64. The Hall–Kier alpha value is -2.21. The van der Waals surface area contributed by atoms with Gasteiger partial charge < -0.3 is 20.0 Å². The molecule has 0 aliphatic heterocycles. The van der Waals surface area contributed by atoms with E-state index in [9.17, 15) is 19.8 Å². The molecule has 26 heavy (non-hydrogen) atoms. The van der Waals surface area contributed by atoms with Crippen LogP contribution in [0.4, 0.5) is 4.79 Å². The first kappa shape index (κ1) is 21.8. The Bertz CT molecular complexity index is 820. The van der Waals surface area contributed by atoms with E-state index in [1.165, 1.54) is 9.80 Å². The third kappa shape index (κ3) is 4.49. The summed E-state index contributed by atoms with van der Waals surface area (Å²) >= 11 is 5.37. The molecule has 1 aromatic carbocycles. The van der Waals surface area contributed by atoms with Gasteiger partial charge in [0.25, 0.3) is 0 Å². The van der Waals surface area contributed by atoms with Crippen LogP contribution in [0, 0.1) is 6.92 Å². The van der Waals surface area contributed by atoms with E-state index in [1.54, 1.807) is 34.9 Å². The molecule has 1 rings (SSSR count). The summed E-state index contributed by atoms with van der Waals surface area (Å²) in [5, 5.41) is 20.8. The van der Waals surface area contributed by atoms with E-state index >= 15 is 0 Å². The van der Waals surface area contributed by atoms with Crippen molar-refractivity contribution in [1.29, 1.82) is 0 Å². The topological polar surface area (TPSA) is 81.1 Å². The molecule has 1 aromatic rings. The fourth-order valence-electron chi connectivity index (χ4n) is 2.80. The smallest absolute Gasteiger partial charge is 0.316 e. The first-order chi connectivity index (χ1) is 11.8.